The van der Waals surface area contributed by atoms with E-state index < -0.39 is 17.4 Å². The van der Waals surface area contributed by atoms with E-state index in [0.29, 0.717) is 23.0 Å². The third-order valence-corrected chi connectivity index (χ3v) is 7.57. The summed E-state index contributed by atoms with van der Waals surface area (Å²) in [4.78, 5) is 22.4. The van der Waals surface area contributed by atoms with Crippen molar-refractivity contribution in [2.75, 3.05) is 0 Å². The van der Waals surface area contributed by atoms with Crippen LogP contribution in [-0.4, -0.2) is 22.2 Å². The molecule has 0 aliphatic rings. The molecule has 0 saturated carbocycles. The lowest BCUT2D eigenvalue weighted by molar-refractivity contribution is -0.132. The molecule has 0 aliphatic carbocycles. The molecule has 6 nitrogen and oxygen atoms in total. The molecule has 0 radical (unpaired) electrons. The first-order valence-electron chi connectivity index (χ1n) is 14.6. The minimum absolute atomic E-state index is 0.0404. The highest BCUT2D eigenvalue weighted by molar-refractivity contribution is 5.89. The molecule has 46 heavy (non-hydrogen) atoms. The van der Waals surface area contributed by atoms with Crippen LogP contribution in [0.25, 0.3) is 0 Å². The molecule has 2 N–H and O–H groups in total. The number of rotatable bonds is 12. The summed E-state index contributed by atoms with van der Waals surface area (Å²) in [5.74, 6) is 0.144. The van der Waals surface area contributed by atoms with E-state index in [0.717, 1.165) is 22.3 Å². The van der Waals surface area contributed by atoms with Gasteiger partial charge in [-0.05, 0) is 95.9 Å². The van der Waals surface area contributed by atoms with Crippen molar-refractivity contribution in [3.05, 3.63) is 197 Å². The lowest BCUT2D eigenvalue weighted by Gasteiger charge is -2.37. The van der Waals surface area contributed by atoms with Crippen LogP contribution in [0, 0.1) is 0 Å². The second kappa shape index (κ2) is 14.1. The second-order valence-electron chi connectivity index (χ2n) is 10.4. The molecular weight excluding hydrogens is 576 g/mol. The molecule has 6 heteroatoms. The number of hydrogen-bond donors (Lipinski definition) is 2. The molecule has 0 spiro atoms. The predicted octanol–water partition coefficient (Wildman–Crippen LogP) is 9.04. The van der Waals surface area contributed by atoms with Gasteiger partial charge in [-0.1, -0.05) is 91.5 Å². The van der Waals surface area contributed by atoms with Crippen molar-refractivity contribution in [1.82, 2.24) is 0 Å². The molecular formula is C40H32O6. The third-order valence-electron chi connectivity index (χ3n) is 7.57. The Morgan fingerprint density at radius 3 is 1.48 bits per heavy atom. The predicted molar refractivity (Wildman–Crippen MR) is 179 cm³/mol. The minimum atomic E-state index is -1.09. The van der Waals surface area contributed by atoms with Crippen molar-refractivity contribution in [2.24, 2.45) is 0 Å². The van der Waals surface area contributed by atoms with Gasteiger partial charge < -0.3 is 19.7 Å². The van der Waals surface area contributed by atoms with Gasteiger partial charge in [0.2, 0.25) is 0 Å². The number of allylic oxidation sites excluding steroid dienone is 2. The topological polar surface area (TPSA) is 93.1 Å². The number of benzene rings is 5. The van der Waals surface area contributed by atoms with Gasteiger partial charge in [0.15, 0.2) is 0 Å². The van der Waals surface area contributed by atoms with Crippen molar-refractivity contribution < 1.29 is 29.3 Å². The van der Waals surface area contributed by atoms with Gasteiger partial charge in [-0.15, -0.1) is 0 Å². The van der Waals surface area contributed by atoms with Crippen LogP contribution >= 0.6 is 0 Å². The van der Waals surface area contributed by atoms with Gasteiger partial charge in [-0.25, -0.2) is 9.59 Å². The Labute approximate surface area is 267 Å². The Balaban J connectivity index is 1.55. The lowest BCUT2D eigenvalue weighted by Crippen LogP contribution is -2.30. The molecule has 0 bridgehead atoms. The van der Waals surface area contributed by atoms with E-state index in [1.165, 1.54) is 18.2 Å². The van der Waals surface area contributed by atoms with Crippen molar-refractivity contribution in [3.8, 4) is 17.2 Å². The average Bonchev–Trinajstić information content (AvgIpc) is 3.09. The molecule has 0 unspecified atom stereocenters. The Bertz CT molecular complexity index is 1830. The minimum Gasteiger partial charge on any atom is -0.478 e. The number of hydrogen-bond acceptors (Lipinski definition) is 4. The summed E-state index contributed by atoms with van der Waals surface area (Å²) in [6.45, 7) is 5.34. The van der Waals surface area contributed by atoms with Crippen molar-refractivity contribution >= 4 is 11.9 Å². The number of aliphatic carboxylic acids is 1. The van der Waals surface area contributed by atoms with Gasteiger partial charge in [0.1, 0.15) is 23.0 Å². The molecule has 0 fully saturated rings. The van der Waals surface area contributed by atoms with Crippen molar-refractivity contribution in [1.29, 1.82) is 0 Å². The maximum absolute atomic E-state index is 11.2. The molecule has 5 aromatic rings. The maximum atomic E-state index is 11.2. The molecule has 0 heterocycles. The highest BCUT2D eigenvalue weighted by Gasteiger charge is 2.38. The summed E-state index contributed by atoms with van der Waals surface area (Å²) in [6, 6.07) is 42.6. The SMILES string of the molecule is C=C(/C=C\C(=C/C)Oc1ccc(C(c2ccccc2)(c2ccccc2)c2ccc(Oc3ccc(C(=O)O)cc3)cc2)cc1)C(=O)O. The first-order chi connectivity index (χ1) is 22.3. The zero-order chi connectivity index (χ0) is 32.5. The summed E-state index contributed by atoms with van der Waals surface area (Å²) in [7, 11) is 0. The smallest absolute Gasteiger partial charge is 0.335 e. The molecule has 0 amide bonds. The molecule has 228 valence electrons. The Morgan fingerprint density at radius 1 is 0.609 bits per heavy atom. The maximum Gasteiger partial charge on any atom is 0.335 e. The number of aromatic carboxylic acids is 1. The fourth-order valence-electron chi connectivity index (χ4n) is 5.30. The normalized spacial score (nSPS) is 11.6. The second-order valence-corrected chi connectivity index (χ2v) is 10.4. The fourth-order valence-corrected chi connectivity index (χ4v) is 5.30. The van der Waals surface area contributed by atoms with Crippen LogP contribution in [0.4, 0.5) is 0 Å². The quantitative estimate of drug-likeness (QED) is 0.0635. The van der Waals surface area contributed by atoms with E-state index in [2.05, 4.69) is 30.8 Å². The van der Waals surface area contributed by atoms with Gasteiger partial charge in [-0.2, -0.15) is 0 Å². The standard InChI is InChI=1S/C40H32O6/c1-3-34(21-14-28(2)38(41)42)45-36-24-17-32(18-25-36)40(30-10-6-4-7-11-30,31-12-8-5-9-13-31)33-19-26-37(27-20-33)46-35-22-15-29(16-23-35)39(43)44/h3-27H,2H2,1H3,(H,41,42)(H,43,44)/b21-14-,34-3+. The highest BCUT2D eigenvalue weighted by Crippen LogP contribution is 2.46. The molecule has 0 aliphatic heterocycles. The van der Waals surface area contributed by atoms with Crippen LogP contribution in [0.3, 0.4) is 0 Å². The molecule has 0 aromatic heterocycles. The summed E-state index contributed by atoms with van der Waals surface area (Å²) >= 11 is 0. The summed E-state index contributed by atoms with van der Waals surface area (Å²) in [6.07, 6.45) is 4.73. The third kappa shape index (κ3) is 6.82. The van der Waals surface area contributed by atoms with E-state index in [1.54, 1.807) is 24.3 Å². The summed E-state index contributed by atoms with van der Waals surface area (Å²) in [5.41, 5.74) is 3.60. The van der Waals surface area contributed by atoms with Gasteiger partial charge in [0.05, 0.1) is 16.6 Å². The van der Waals surface area contributed by atoms with Crippen LogP contribution in [-0.2, 0) is 10.2 Å². The van der Waals surface area contributed by atoms with Crippen LogP contribution in [0.2, 0.25) is 0 Å². The monoisotopic (exact) mass is 608 g/mol. The van der Waals surface area contributed by atoms with Crippen molar-refractivity contribution in [3.63, 3.8) is 0 Å². The zero-order valence-electron chi connectivity index (χ0n) is 25.2. The van der Waals surface area contributed by atoms with Gasteiger partial charge in [0.25, 0.3) is 0 Å². The van der Waals surface area contributed by atoms with E-state index in [9.17, 15) is 14.7 Å². The summed E-state index contributed by atoms with van der Waals surface area (Å²) < 4.78 is 12.1. The van der Waals surface area contributed by atoms with Crippen molar-refractivity contribution in [2.45, 2.75) is 12.3 Å². The van der Waals surface area contributed by atoms with Crippen LogP contribution < -0.4 is 9.47 Å². The van der Waals surface area contributed by atoms with Crippen LogP contribution in [0.5, 0.6) is 17.2 Å². The van der Waals surface area contributed by atoms with E-state index in [-0.39, 0.29) is 11.1 Å². The average molecular weight is 609 g/mol. The molecule has 5 rings (SSSR count). The molecule has 0 saturated heterocycles. The number of ether oxygens (including phenoxy) is 2. The lowest BCUT2D eigenvalue weighted by atomic mass is 9.65. The first-order valence-corrected chi connectivity index (χ1v) is 14.6. The summed E-state index contributed by atoms with van der Waals surface area (Å²) in [5, 5.41) is 18.3. The number of carboxylic acids is 2. The Kier molecular flexibility index (Phi) is 9.59. The zero-order valence-corrected chi connectivity index (χ0v) is 25.2. The fraction of sp³-hybridized carbons (Fsp3) is 0.0500. The van der Waals surface area contributed by atoms with E-state index in [1.807, 2.05) is 91.9 Å². The number of carbonyl (C=O) groups is 2. The van der Waals surface area contributed by atoms with Gasteiger partial charge in [0, 0.05) is 0 Å². The molecule has 0 atom stereocenters. The Morgan fingerprint density at radius 2 is 1.04 bits per heavy atom. The van der Waals surface area contributed by atoms with E-state index >= 15 is 0 Å². The highest BCUT2D eigenvalue weighted by atomic mass is 16.5. The Hall–Kier alpha value is -6.14. The van der Waals surface area contributed by atoms with Gasteiger partial charge in [-0.3, -0.25) is 0 Å². The van der Waals surface area contributed by atoms with E-state index in [4.69, 9.17) is 14.6 Å². The van der Waals surface area contributed by atoms with Crippen LogP contribution in [0.1, 0.15) is 39.5 Å². The van der Waals surface area contributed by atoms with Crippen LogP contribution in [0.15, 0.2) is 170 Å². The number of carboxylic acid groups (broad SMARTS) is 2. The molecule has 5 aromatic carbocycles. The van der Waals surface area contributed by atoms with Gasteiger partial charge >= 0.3 is 11.9 Å². The largest absolute Gasteiger partial charge is 0.478 e. The first kappa shape index (κ1) is 31.3.